The fourth-order valence-corrected chi connectivity index (χ4v) is 4.79. The number of halogens is 1. The maximum absolute atomic E-state index is 11.7. The molecule has 2 N–H and O–H groups in total. The highest BCUT2D eigenvalue weighted by Gasteiger charge is 2.44. The Hall–Kier alpha value is -1.86. The van der Waals surface area contributed by atoms with E-state index < -0.39 is 5.97 Å². The van der Waals surface area contributed by atoms with Crippen LogP contribution >= 0.6 is 11.6 Å². The third kappa shape index (κ3) is 4.25. The van der Waals surface area contributed by atoms with E-state index in [1.165, 1.54) is 25.1 Å². The highest BCUT2D eigenvalue weighted by molar-refractivity contribution is 6.33. The van der Waals surface area contributed by atoms with Crippen LogP contribution in [-0.2, 0) is 9.53 Å². The van der Waals surface area contributed by atoms with E-state index >= 15 is 0 Å². The van der Waals surface area contributed by atoms with Gasteiger partial charge < -0.3 is 20.1 Å². The zero-order valence-electron chi connectivity index (χ0n) is 15.9. The summed E-state index contributed by atoms with van der Waals surface area (Å²) in [4.78, 5) is 29.2. The van der Waals surface area contributed by atoms with Crippen molar-refractivity contribution < 1.29 is 19.4 Å². The van der Waals surface area contributed by atoms with Gasteiger partial charge in [0.25, 0.3) is 0 Å². The number of carboxylic acid groups (broad SMARTS) is 1. The molecule has 8 heteroatoms. The molecule has 3 fully saturated rings. The molecule has 7 nitrogen and oxygen atoms in total. The molecule has 2 heterocycles. The molecule has 0 spiro atoms. The quantitative estimate of drug-likeness (QED) is 0.753. The third-order valence-electron chi connectivity index (χ3n) is 6.12. The first kappa shape index (κ1) is 19.5. The van der Waals surface area contributed by atoms with Crippen LogP contribution in [0.1, 0.15) is 43.0 Å². The van der Waals surface area contributed by atoms with Crippen LogP contribution in [0.15, 0.2) is 12.3 Å². The van der Waals surface area contributed by atoms with Crippen molar-refractivity contribution in [3.8, 4) is 0 Å². The summed E-state index contributed by atoms with van der Waals surface area (Å²) in [5, 5.41) is 12.5. The Morgan fingerprint density at radius 3 is 2.64 bits per heavy atom. The predicted molar refractivity (Wildman–Crippen MR) is 105 cm³/mol. The lowest BCUT2D eigenvalue weighted by atomic mass is 9.77. The maximum atomic E-state index is 11.7. The van der Waals surface area contributed by atoms with E-state index in [4.69, 9.17) is 21.4 Å². The van der Waals surface area contributed by atoms with Crippen molar-refractivity contribution >= 4 is 29.3 Å². The summed E-state index contributed by atoms with van der Waals surface area (Å²) in [5.74, 6) is 1.14. The number of fused-ring (bicyclic) bond motifs is 1. The van der Waals surface area contributed by atoms with Crippen molar-refractivity contribution in [1.82, 2.24) is 10.3 Å². The standard InChI is InChI=1S/C20H26ClN3O4/c1-11(25)23-17-5-14-8-24(19-16(21)4-13(7-22-19)20(26)27)9-15(14)6-18(17)28-10-12-2-3-12/h4,7,12,14-15,17-18H,2-3,5-6,8-10H2,1H3,(H,23,25)(H,26,27)/t14-,15+,17-,18-/m1/s1. The number of hydrogen-bond donors (Lipinski definition) is 2. The van der Waals surface area contributed by atoms with Crippen LogP contribution < -0.4 is 10.2 Å². The highest BCUT2D eigenvalue weighted by Crippen LogP contribution is 2.41. The van der Waals surface area contributed by atoms with Crippen LogP contribution in [0.3, 0.4) is 0 Å². The number of pyridine rings is 1. The summed E-state index contributed by atoms with van der Waals surface area (Å²) in [6, 6.07) is 1.49. The molecule has 1 saturated heterocycles. The van der Waals surface area contributed by atoms with Gasteiger partial charge in [-0.1, -0.05) is 11.6 Å². The zero-order chi connectivity index (χ0) is 19.8. The van der Waals surface area contributed by atoms with Gasteiger partial charge in [0.1, 0.15) is 5.82 Å². The van der Waals surface area contributed by atoms with Gasteiger partial charge in [0, 0.05) is 32.8 Å². The summed E-state index contributed by atoms with van der Waals surface area (Å²) in [7, 11) is 0. The lowest BCUT2D eigenvalue weighted by Crippen LogP contribution is -2.50. The monoisotopic (exact) mass is 407 g/mol. The first-order valence-corrected chi connectivity index (χ1v) is 10.3. The molecule has 0 radical (unpaired) electrons. The topological polar surface area (TPSA) is 91.8 Å². The van der Waals surface area contributed by atoms with Crippen molar-refractivity contribution in [2.24, 2.45) is 17.8 Å². The van der Waals surface area contributed by atoms with Gasteiger partial charge in [-0.15, -0.1) is 0 Å². The molecule has 0 bridgehead atoms. The van der Waals surface area contributed by atoms with E-state index in [0.29, 0.717) is 28.6 Å². The number of ether oxygens (including phenoxy) is 1. The van der Waals surface area contributed by atoms with Crippen LogP contribution in [0.25, 0.3) is 0 Å². The minimum absolute atomic E-state index is 0.0210. The van der Waals surface area contributed by atoms with Crippen molar-refractivity contribution in [1.29, 1.82) is 0 Å². The number of carbonyl (C=O) groups is 2. The predicted octanol–water partition coefficient (Wildman–Crippen LogP) is 2.58. The van der Waals surface area contributed by atoms with Gasteiger partial charge in [-0.05, 0) is 49.5 Å². The van der Waals surface area contributed by atoms with Crippen LogP contribution in [0.4, 0.5) is 5.82 Å². The minimum Gasteiger partial charge on any atom is -0.478 e. The summed E-state index contributed by atoms with van der Waals surface area (Å²) in [6.07, 6.45) is 5.67. The number of hydrogen-bond acceptors (Lipinski definition) is 5. The molecule has 0 aromatic carbocycles. The molecule has 1 aromatic rings. The molecule has 1 amide bonds. The smallest absolute Gasteiger partial charge is 0.337 e. The molecule has 4 atom stereocenters. The summed E-state index contributed by atoms with van der Waals surface area (Å²) in [5.41, 5.74) is 0.0876. The van der Waals surface area contributed by atoms with Gasteiger partial charge in [0.2, 0.25) is 5.91 Å². The molecular weight excluding hydrogens is 382 g/mol. The van der Waals surface area contributed by atoms with Gasteiger partial charge >= 0.3 is 5.97 Å². The third-order valence-corrected chi connectivity index (χ3v) is 6.39. The number of rotatable bonds is 6. The molecule has 2 aliphatic carbocycles. The van der Waals surface area contributed by atoms with E-state index in [2.05, 4.69) is 15.2 Å². The fourth-order valence-electron chi connectivity index (χ4n) is 4.51. The van der Waals surface area contributed by atoms with E-state index in [9.17, 15) is 9.59 Å². The summed E-state index contributed by atoms with van der Waals surface area (Å²) in [6.45, 7) is 3.96. The lowest BCUT2D eigenvalue weighted by Gasteiger charge is -2.38. The molecule has 28 heavy (non-hydrogen) atoms. The van der Waals surface area contributed by atoms with Gasteiger partial charge in [0.05, 0.1) is 22.7 Å². The van der Waals surface area contributed by atoms with E-state index in [0.717, 1.165) is 32.5 Å². The Morgan fingerprint density at radius 2 is 2.04 bits per heavy atom. The van der Waals surface area contributed by atoms with E-state index in [1.807, 2.05) is 0 Å². The number of carboxylic acids is 1. The second-order valence-electron chi connectivity index (χ2n) is 8.35. The van der Waals surface area contributed by atoms with Crippen molar-refractivity contribution in [3.05, 3.63) is 22.8 Å². The lowest BCUT2D eigenvalue weighted by molar-refractivity contribution is -0.122. The average molecular weight is 408 g/mol. The number of carbonyl (C=O) groups excluding carboxylic acids is 1. The Balaban J connectivity index is 1.46. The van der Waals surface area contributed by atoms with Crippen LogP contribution in [0.2, 0.25) is 5.02 Å². The number of anilines is 1. The van der Waals surface area contributed by atoms with Crippen LogP contribution in [-0.4, -0.2) is 53.8 Å². The van der Waals surface area contributed by atoms with Crippen LogP contribution in [0, 0.1) is 17.8 Å². The first-order valence-electron chi connectivity index (χ1n) is 9.93. The molecule has 1 aromatic heterocycles. The summed E-state index contributed by atoms with van der Waals surface area (Å²) < 4.78 is 6.20. The summed E-state index contributed by atoms with van der Waals surface area (Å²) >= 11 is 6.32. The molecule has 0 unspecified atom stereocenters. The Bertz CT molecular complexity index is 770. The van der Waals surface area contributed by atoms with Gasteiger partial charge in [-0.3, -0.25) is 4.79 Å². The Morgan fingerprint density at radius 1 is 1.32 bits per heavy atom. The highest BCUT2D eigenvalue weighted by atomic mass is 35.5. The van der Waals surface area contributed by atoms with Crippen molar-refractivity contribution in [2.75, 3.05) is 24.6 Å². The first-order chi connectivity index (χ1) is 13.4. The number of aromatic nitrogens is 1. The second-order valence-corrected chi connectivity index (χ2v) is 8.76. The molecule has 3 aliphatic rings. The minimum atomic E-state index is -1.04. The van der Waals surface area contributed by atoms with Gasteiger partial charge in [-0.2, -0.15) is 0 Å². The SMILES string of the molecule is CC(=O)N[C@@H]1C[C@@H]2CN(c3ncc(C(=O)O)cc3Cl)C[C@@H]2C[C@H]1OCC1CC1. The Kier molecular flexibility index (Phi) is 5.47. The zero-order valence-corrected chi connectivity index (χ0v) is 16.7. The second kappa shape index (κ2) is 7.87. The molecule has 2 saturated carbocycles. The molecular formula is C20H26ClN3O4. The largest absolute Gasteiger partial charge is 0.478 e. The van der Waals surface area contributed by atoms with Crippen LogP contribution in [0.5, 0.6) is 0 Å². The maximum Gasteiger partial charge on any atom is 0.337 e. The number of aromatic carboxylic acids is 1. The number of amides is 1. The molecule has 1 aliphatic heterocycles. The fraction of sp³-hybridized carbons (Fsp3) is 0.650. The van der Waals surface area contributed by atoms with Crippen molar-refractivity contribution in [2.45, 2.75) is 44.8 Å². The van der Waals surface area contributed by atoms with Crippen molar-refractivity contribution in [3.63, 3.8) is 0 Å². The average Bonchev–Trinajstić information content (AvgIpc) is 3.37. The van der Waals surface area contributed by atoms with E-state index in [1.54, 1.807) is 6.92 Å². The number of nitrogens with one attached hydrogen (secondary N) is 1. The molecule has 4 rings (SSSR count). The normalized spacial score (nSPS) is 29.4. The molecule has 152 valence electrons. The van der Waals surface area contributed by atoms with Gasteiger partial charge in [0.15, 0.2) is 0 Å². The van der Waals surface area contributed by atoms with E-state index in [-0.39, 0.29) is 23.6 Å². The van der Waals surface area contributed by atoms with Gasteiger partial charge in [-0.25, -0.2) is 9.78 Å². The number of nitrogens with zero attached hydrogens (tertiary/aromatic N) is 2. The Labute approximate surface area is 169 Å².